The quantitative estimate of drug-likeness (QED) is 0.822. The first-order chi connectivity index (χ1) is 8.31. The molecule has 0 aliphatic heterocycles. The fourth-order valence-corrected chi connectivity index (χ4v) is 2.48. The highest BCUT2D eigenvalue weighted by atomic mass is 32.2. The Labute approximate surface area is 106 Å². The van der Waals surface area contributed by atoms with Crippen molar-refractivity contribution >= 4 is 22.7 Å². The summed E-state index contributed by atoms with van der Waals surface area (Å²) in [5.74, 6) is 2.10. The van der Waals surface area contributed by atoms with Crippen LogP contribution < -0.4 is 0 Å². The Bertz CT molecular complexity index is 486. The Morgan fingerprint density at radius 2 is 2.24 bits per heavy atom. The van der Waals surface area contributed by atoms with Gasteiger partial charge < -0.3 is 5.11 Å². The fraction of sp³-hybridized carbons (Fsp3) is 0.357. The molecule has 0 spiro atoms. The van der Waals surface area contributed by atoms with Crippen molar-refractivity contribution in [3.63, 3.8) is 0 Å². The van der Waals surface area contributed by atoms with Crippen LogP contribution in [0.5, 0.6) is 0 Å². The lowest BCUT2D eigenvalue weighted by Gasteiger charge is -2.11. The van der Waals surface area contributed by atoms with Gasteiger partial charge in [0, 0.05) is 11.6 Å². The van der Waals surface area contributed by atoms with E-state index < -0.39 is 0 Å². The van der Waals surface area contributed by atoms with Gasteiger partial charge in [-0.1, -0.05) is 25.1 Å². The Balaban J connectivity index is 2.12. The molecule has 90 valence electrons. The van der Waals surface area contributed by atoms with Crippen LogP contribution in [0.15, 0.2) is 36.5 Å². The molecule has 1 aromatic carbocycles. The maximum Gasteiger partial charge on any atom is 0.0798 e. The molecule has 0 fully saturated rings. The average Bonchev–Trinajstić information content (AvgIpc) is 2.38. The van der Waals surface area contributed by atoms with Crippen LogP contribution >= 0.6 is 11.8 Å². The van der Waals surface area contributed by atoms with E-state index in [9.17, 15) is 5.11 Å². The Morgan fingerprint density at radius 3 is 3.06 bits per heavy atom. The summed E-state index contributed by atoms with van der Waals surface area (Å²) in [6.07, 6.45) is 2.21. The molecule has 1 aromatic heterocycles. The smallest absolute Gasteiger partial charge is 0.0798 e. The van der Waals surface area contributed by atoms with Crippen molar-refractivity contribution in [2.45, 2.75) is 19.4 Å². The fourth-order valence-electron chi connectivity index (χ4n) is 1.80. The molecule has 1 unspecified atom stereocenters. The summed E-state index contributed by atoms with van der Waals surface area (Å²) in [7, 11) is 0. The van der Waals surface area contributed by atoms with Gasteiger partial charge in [-0.15, -0.1) is 0 Å². The van der Waals surface area contributed by atoms with Gasteiger partial charge in [0.1, 0.15) is 0 Å². The van der Waals surface area contributed by atoms with Crippen molar-refractivity contribution in [3.05, 3.63) is 42.1 Å². The van der Waals surface area contributed by atoms with E-state index in [-0.39, 0.29) is 6.10 Å². The number of fused-ring (bicyclic) bond motifs is 1. The molecule has 1 atom stereocenters. The van der Waals surface area contributed by atoms with Crippen LogP contribution in [0, 0.1) is 0 Å². The Morgan fingerprint density at radius 1 is 1.35 bits per heavy atom. The number of aliphatic hydroxyl groups is 1. The predicted octanol–water partition coefficient (Wildman–Crippen LogP) is 3.41. The number of benzene rings is 1. The van der Waals surface area contributed by atoms with Gasteiger partial charge in [0.25, 0.3) is 0 Å². The Kier molecular flexibility index (Phi) is 4.40. The second-order valence-corrected chi connectivity index (χ2v) is 5.35. The van der Waals surface area contributed by atoms with Gasteiger partial charge in [-0.05, 0) is 35.6 Å². The highest BCUT2D eigenvalue weighted by molar-refractivity contribution is 7.99. The van der Waals surface area contributed by atoms with Crippen LogP contribution in [0.4, 0.5) is 0 Å². The molecule has 0 bridgehead atoms. The molecule has 0 aliphatic rings. The lowest BCUT2D eigenvalue weighted by atomic mass is 10.1. The summed E-state index contributed by atoms with van der Waals surface area (Å²) < 4.78 is 0. The first kappa shape index (κ1) is 12.4. The molecule has 0 saturated heterocycles. The second-order valence-electron chi connectivity index (χ2n) is 3.96. The maximum atomic E-state index is 10.1. The summed E-state index contributed by atoms with van der Waals surface area (Å²) in [5, 5.41) is 11.2. The molecular formula is C14H17NOS. The average molecular weight is 247 g/mol. The lowest BCUT2D eigenvalue weighted by Crippen LogP contribution is -1.99. The third-order valence-electron chi connectivity index (χ3n) is 2.75. The first-order valence-electron chi connectivity index (χ1n) is 5.91. The van der Waals surface area contributed by atoms with E-state index >= 15 is 0 Å². The van der Waals surface area contributed by atoms with E-state index in [1.54, 1.807) is 6.20 Å². The molecule has 2 nitrogen and oxygen atoms in total. The highest BCUT2D eigenvalue weighted by Gasteiger charge is 2.07. The Hall–Kier alpha value is -1.06. The van der Waals surface area contributed by atoms with Gasteiger partial charge in [0.2, 0.25) is 0 Å². The molecule has 0 saturated carbocycles. The number of nitrogens with zero attached hydrogens (tertiary/aromatic N) is 1. The minimum absolute atomic E-state index is 0.375. The number of aromatic nitrogens is 1. The number of thioether (sulfide) groups is 1. The zero-order chi connectivity index (χ0) is 12.1. The van der Waals surface area contributed by atoms with Crippen molar-refractivity contribution < 1.29 is 5.11 Å². The largest absolute Gasteiger partial charge is 0.388 e. The SMILES string of the molecule is CCSCCC(O)c1ccc2cccnc2c1. The van der Waals surface area contributed by atoms with Crippen LogP contribution in [0.25, 0.3) is 10.9 Å². The van der Waals surface area contributed by atoms with Crippen molar-refractivity contribution in [3.8, 4) is 0 Å². The van der Waals surface area contributed by atoms with Gasteiger partial charge in [0.15, 0.2) is 0 Å². The topological polar surface area (TPSA) is 33.1 Å². The third kappa shape index (κ3) is 3.20. The molecule has 1 heterocycles. The predicted molar refractivity (Wildman–Crippen MR) is 74.3 cm³/mol. The number of hydrogen-bond donors (Lipinski definition) is 1. The van der Waals surface area contributed by atoms with Crippen molar-refractivity contribution in [1.29, 1.82) is 0 Å². The van der Waals surface area contributed by atoms with E-state index in [2.05, 4.69) is 11.9 Å². The maximum absolute atomic E-state index is 10.1. The van der Waals surface area contributed by atoms with Crippen LogP contribution in [0.3, 0.4) is 0 Å². The van der Waals surface area contributed by atoms with Crippen LogP contribution in [-0.2, 0) is 0 Å². The number of rotatable bonds is 5. The molecule has 3 heteroatoms. The summed E-state index contributed by atoms with van der Waals surface area (Å²) in [5.41, 5.74) is 1.92. The molecule has 1 N–H and O–H groups in total. The monoisotopic (exact) mass is 247 g/mol. The van der Waals surface area contributed by atoms with E-state index in [4.69, 9.17) is 0 Å². The highest BCUT2D eigenvalue weighted by Crippen LogP contribution is 2.22. The summed E-state index contributed by atoms with van der Waals surface area (Å²) in [4.78, 5) is 4.30. The second kappa shape index (κ2) is 6.03. The van der Waals surface area contributed by atoms with Crippen molar-refractivity contribution in [2.24, 2.45) is 0 Å². The van der Waals surface area contributed by atoms with E-state index in [1.807, 2.05) is 42.1 Å². The van der Waals surface area contributed by atoms with E-state index in [0.29, 0.717) is 0 Å². The van der Waals surface area contributed by atoms with Gasteiger partial charge in [-0.2, -0.15) is 11.8 Å². The van der Waals surface area contributed by atoms with Gasteiger partial charge >= 0.3 is 0 Å². The summed E-state index contributed by atoms with van der Waals surface area (Å²) in [6, 6.07) is 9.96. The molecule has 2 aromatic rings. The molecule has 17 heavy (non-hydrogen) atoms. The molecule has 0 aliphatic carbocycles. The van der Waals surface area contributed by atoms with Crippen LogP contribution in [-0.4, -0.2) is 21.6 Å². The number of hydrogen-bond acceptors (Lipinski definition) is 3. The number of pyridine rings is 1. The minimum Gasteiger partial charge on any atom is -0.388 e. The molecule has 0 radical (unpaired) electrons. The van der Waals surface area contributed by atoms with Crippen LogP contribution in [0.2, 0.25) is 0 Å². The molecule has 2 rings (SSSR count). The molecular weight excluding hydrogens is 230 g/mol. The zero-order valence-corrected chi connectivity index (χ0v) is 10.8. The van der Waals surface area contributed by atoms with Gasteiger partial charge in [-0.25, -0.2) is 0 Å². The zero-order valence-electron chi connectivity index (χ0n) is 9.97. The van der Waals surface area contributed by atoms with Crippen LogP contribution in [0.1, 0.15) is 25.0 Å². The standard InChI is InChI=1S/C14H17NOS/c1-2-17-9-7-14(16)12-6-5-11-4-3-8-15-13(11)10-12/h3-6,8,10,14,16H,2,7,9H2,1H3. The third-order valence-corrected chi connectivity index (χ3v) is 3.69. The normalized spacial score (nSPS) is 12.8. The summed E-state index contributed by atoms with van der Waals surface area (Å²) >= 11 is 1.86. The van der Waals surface area contributed by atoms with Gasteiger partial charge in [-0.3, -0.25) is 4.98 Å². The minimum atomic E-state index is -0.375. The van der Waals surface area contributed by atoms with E-state index in [0.717, 1.165) is 34.4 Å². The lowest BCUT2D eigenvalue weighted by molar-refractivity contribution is 0.175. The van der Waals surface area contributed by atoms with Crippen molar-refractivity contribution in [2.75, 3.05) is 11.5 Å². The van der Waals surface area contributed by atoms with Crippen molar-refractivity contribution in [1.82, 2.24) is 4.98 Å². The van der Waals surface area contributed by atoms with Gasteiger partial charge in [0.05, 0.1) is 11.6 Å². The number of aliphatic hydroxyl groups excluding tert-OH is 1. The summed E-state index contributed by atoms with van der Waals surface area (Å²) in [6.45, 7) is 2.14. The molecule has 0 amide bonds. The first-order valence-corrected chi connectivity index (χ1v) is 7.07. The van der Waals surface area contributed by atoms with E-state index in [1.165, 1.54) is 0 Å².